The maximum atomic E-state index is 13.0. The number of carbonyl (C=O) groups is 5. The van der Waals surface area contributed by atoms with Gasteiger partial charge in [0.1, 0.15) is 17.2 Å². The van der Waals surface area contributed by atoms with E-state index < -0.39 is 37.7 Å². The van der Waals surface area contributed by atoms with Crippen LogP contribution in [0.1, 0.15) is 94.0 Å². The SMILES string of the molecule is CCCCOCCCN(Cc1cc(C)cc(-c2cc(C)cc(-c3cc(C)cc(CN(CCCOCCCC)C(C)=O)c3OCC(=O)O)c2OCC(=O)O)c1OCC(=O)O)C(C)=O. The monoisotopic (exact) mass is 864 g/mol. The van der Waals surface area contributed by atoms with Crippen molar-refractivity contribution >= 4 is 29.7 Å². The van der Waals surface area contributed by atoms with Crippen LogP contribution in [0.15, 0.2) is 36.4 Å². The molecule has 0 unspecified atom stereocenters. The summed E-state index contributed by atoms with van der Waals surface area (Å²) >= 11 is 0. The highest BCUT2D eigenvalue weighted by Gasteiger charge is 2.27. The Bertz CT molecular complexity index is 1870. The van der Waals surface area contributed by atoms with Gasteiger partial charge in [0.2, 0.25) is 11.8 Å². The molecular weight excluding hydrogens is 801 g/mol. The highest BCUT2D eigenvalue weighted by Crippen LogP contribution is 2.48. The Hall–Kier alpha value is -5.67. The summed E-state index contributed by atoms with van der Waals surface area (Å²) in [4.78, 5) is 65.3. The molecule has 0 heterocycles. The minimum Gasteiger partial charge on any atom is -0.481 e. The van der Waals surface area contributed by atoms with E-state index in [0.29, 0.717) is 91.3 Å². The fraction of sp³-hybridized carbons (Fsp3) is 0.511. The number of amides is 2. The third kappa shape index (κ3) is 16.3. The number of hydrogen-bond donors (Lipinski definition) is 3. The van der Waals surface area contributed by atoms with Gasteiger partial charge in [-0.15, -0.1) is 0 Å². The molecule has 3 aromatic rings. The Morgan fingerprint density at radius 3 is 1.11 bits per heavy atom. The second kappa shape index (κ2) is 26.0. The number of benzene rings is 3. The van der Waals surface area contributed by atoms with E-state index in [1.54, 1.807) is 34.1 Å². The van der Waals surface area contributed by atoms with Gasteiger partial charge in [0.25, 0.3) is 0 Å². The lowest BCUT2D eigenvalue weighted by Gasteiger charge is -2.26. The zero-order valence-corrected chi connectivity index (χ0v) is 37.3. The molecule has 0 atom stereocenters. The third-order valence-corrected chi connectivity index (χ3v) is 9.78. The van der Waals surface area contributed by atoms with Crippen LogP contribution in [0.2, 0.25) is 0 Å². The highest BCUT2D eigenvalue weighted by atomic mass is 16.5. The number of aryl methyl sites for hydroxylation is 3. The fourth-order valence-electron chi connectivity index (χ4n) is 6.92. The van der Waals surface area contributed by atoms with Crippen molar-refractivity contribution in [3.05, 3.63) is 64.2 Å². The predicted octanol–water partition coefficient (Wildman–Crippen LogP) is 7.45. The van der Waals surface area contributed by atoms with Gasteiger partial charge >= 0.3 is 17.9 Å². The highest BCUT2D eigenvalue weighted by molar-refractivity contribution is 5.90. The van der Waals surface area contributed by atoms with E-state index >= 15 is 0 Å². The molecular formula is C47H64N2O13. The van der Waals surface area contributed by atoms with Crippen LogP contribution in [0.3, 0.4) is 0 Å². The molecule has 3 aromatic carbocycles. The first kappa shape index (κ1) is 50.7. The molecule has 0 aliphatic heterocycles. The van der Waals surface area contributed by atoms with Crippen molar-refractivity contribution < 1.29 is 63.0 Å². The predicted molar refractivity (Wildman–Crippen MR) is 234 cm³/mol. The van der Waals surface area contributed by atoms with Crippen molar-refractivity contribution in [1.29, 1.82) is 0 Å². The van der Waals surface area contributed by atoms with E-state index in [1.165, 1.54) is 13.8 Å². The largest absolute Gasteiger partial charge is 0.481 e. The van der Waals surface area contributed by atoms with Crippen LogP contribution in [0.4, 0.5) is 0 Å². The van der Waals surface area contributed by atoms with Crippen LogP contribution in [-0.4, -0.2) is 114 Å². The minimum absolute atomic E-state index is 0.0733. The lowest BCUT2D eigenvalue weighted by Crippen LogP contribution is -2.30. The van der Waals surface area contributed by atoms with Crippen LogP contribution >= 0.6 is 0 Å². The van der Waals surface area contributed by atoms with Crippen LogP contribution in [-0.2, 0) is 46.5 Å². The smallest absolute Gasteiger partial charge is 0.341 e. The summed E-state index contributed by atoms with van der Waals surface area (Å²) in [6.07, 6.45) is 5.01. The van der Waals surface area contributed by atoms with Crippen molar-refractivity contribution in [2.75, 3.05) is 59.3 Å². The minimum atomic E-state index is -1.27. The first-order chi connectivity index (χ1) is 29.6. The molecule has 0 radical (unpaired) electrons. The van der Waals surface area contributed by atoms with Crippen molar-refractivity contribution in [1.82, 2.24) is 9.80 Å². The fourth-order valence-corrected chi connectivity index (χ4v) is 6.92. The molecule has 0 fully saturated rings. The summed E-state index contributed by atoms with van der Waals surface area (Å²) in [7, 11) is 0. The van der Waals surface area contributed by atoms with Gasteiger partial charge in [0.15, 0.2) is 19.8 Å². The van der Waals surface area contributed by atoms with E-state index in [0.717, 1.165) is 36.8 Å². The summed E-state index contributed by atoms with van der Waals surface area (Å²) in [5.41, 5.74) is 4.64. The number of hydrogen-bond acceptors (Lipinski definition) is 10. The maximum Gasteiger partial charge on any atom is 0.341 e. The second-order valence-corrected chi connectivity index (χ2v) is 15.4. The van der Waals surface area contributed by atoms with E-state index in [4.69, 9.17) is 23.7 Å². The number of rotatable bonds is 29. The first-order valence-electron chi connectivity index (χ1n) is 21.2. The molecule has 2 amide bonds. The van der Waals surface area contributed by atoms with Gasteiger partial charge in [-0.1, -0.05) is 38.8 Å². The van der Waals surface area contributed by atoms with Crippen molar-refractivity contribution in [2.45, 2.75) is 100 Å². The Kier molecular flexibility index (Phi) is 21.2. The molecule has 0 bridgehead atoms. The normalized spacial score (nSPS) is 11.0. The third-order valence-electron chi connectivity index (χ3n) is 9.78. The Morgan fingerprint density at radius 1 is 0.484 bits per heavy atom. The van der Waals surface area contributed by atoms with Crippen LogP contribution < -0.4 is 14.2 Å². The van der Waals surface area contributed by atoms with Crippen molar-refractivity contribution in [3.8, 4) is 39.5 Å². The lowest BCUT2D eigenvalue weighted by atomic mass is 9.90. The van der Waals surface area contributed by atoms with E-state index in [-0.39, 0.29) is 42.2 Å². The zero-order valence-electron chi connectivity index (χ0n) is 37.3. The van der Waals surface area contributed by atoms with Gasteiger partial charge < -0.3 is 48.8 Å². The standard InChI is InChI=1S/C47H64N2O13/c1-8-10-16-58-18-12-14-48(34(6)50)26-36-20-31(3)22-38(45(36)60-28-42(52)53)40-24-33(5)25-41(47(40)62-30-44(56)57)39-23-32(4)21-37(46(39)61-29-43(54)55)27-49(35(7)51)15-13-19-59-17-11-9-2/h20-25H,8-19,26-30H2,1-7H3,(H,52,53)(H,54,55)(H,56,57). The Morgan fingerprint density at radius 2 is 0.790 bits per heavy atom. The van der Waals surface area contributed by atoms with Gasteiger partial charge in [0.05, 0.1) is 0 Å². The number of carboxylic acid groups (broad SMARTS) is 3. The Labute approximate surface area is 364 Å². The molecule has 340 valence electrons. The van der Waals surface area contributed by atoms with Gasteiger partial charge in [-0.05, 0) is 87.4 Å². The summed E-state index contributed by atoms with van der Waals surface area (Å²) < 4.78 is 29.6. The quantitative estimate of drug-likeness (QED) is 0.0583. The summed E-state index contributed by atoms with van der Waals surface area (Å²) in [5, 5.41) is 29.4. The Balaban J connectivity index is 2.31. The summed E-state index contributed by atoms with van der Waals surface area (Å²) in [6.45, 7) is 13.4. The van der Waals surface area contributed by atoms with Crippen molar-refractivity contribution in [2.24, 2.45) is 0 Å². The molecule has 0 saturated carbocycles. The van der Waals surface area contributed by atoms with Crippen LogP contribution in [0.5, 0.6) is 17.2 Å². The van der Waals surface area contributed by atoms with Crippen molar-refractivity contribution in [3.63, 3.8) is 0 Å². The average Bonchev–Trinajstić information content (AvgIpc) is 3.20. The number of carboxylic acids is 3. The summed E-state index contributed by atoms with van der Waals surface area (Å²) in [6, 6.07) is 10.7. The van der Waals surface area contributed by atoms with Crippen LogP contribution in [0.25, 0.3) is 22.3 Å². The molecule has 0 spiro atoms. The molecule has 0 aliphatic carbocycles. The van der Waals surface area contributed by atoms with Gasteiger partial charge in [-0.3, -0.25) is 9.59 Å². The van der Waals surface area contributed by atoms with Gasteiger partial charge in [-0.2, -0.15) is 0 Å². The molecule has 0 aliphatic rings. The molecule has 3 N–H and O–H groups in total. The zero-order chi connectivity index (χ0) is 45.8. The first-order valence-corrected chi connectivity index (χ1v) is 21.2. The maximum absolute atomic E-state index is 13.0. The van der Waals surface area contributed by atoms with E-state index in [9.17, 15) is 39.3 Å². The molecule has 0 aromatic heterocycles. The van der Waals surface area contributed by atoms with E-state index in [1.807, 2.05) is 32.9 Å². The number of aliphatic carboxylic acids is 3. The number of nitrogens with zero attached hydrogens (tertiary/aromatic N) is 2. The lowest BCUT2D eigenvalue weighted by molar-refractivity contribution is -0.140. The molecule has 15 nitrogen and oxygen atoms in total. The number of ether oxygens (including phenoxy) is 5. The topological polar surface area (TPSA) is 199 Å². The molecule has 62 heavy (non-hydrogen) atoms. The van der Waals surface area contributed by atoms with Gasteiger partial charge in [-0.25, -0.2) is 14.4 Å². The average molecular weight is 865 g/mol. The van der Waals surface area contributed by atoms with Crippen LogP contribution in [0, 0.1) is 20.8 Å². The molecule has 0 saturated heterocycles. The van der Waals surface area contributed by atoms with E-state index in [2.05, 4.69) is 13.8 Å². The number of unbranched alkanes of at least 4 members (excludes halogenated alkanes) is 2. The van der Waals surface area contributed by atoms with Gasteiger partial charge in [0, 0.05) is 99.8 Å². The second-order valence-electron chi connectivity index (χ2n) is 15.4. The molecule has 15 heteroatoms. The number of carbonyl (C=O) groups excluding carboxylic acids is 2. The molecule has 3 rings (SSSR count). The summed E-state index contributed by atoms with van der Waals surface area (Å²) in [5.74, 6) is -3.77.